The first kappa shape index (κ1) is 19.1. The van der Waals surface area contributed by atoms with Gasteiger partial charge >= 0.3 is 5.97 Å². The molecule has 0 aliphatic rings. The van der Waals surface area contributed by atoms with Crippen molar-refractivity contribution in [3.8, 4) is 0 Å². The molecule has 0 saturated heterocycles. The van der Waals surface area contributed by atoms with Gasteiger partial charge in [0.15, 0.2) is 16.4 Å². The van der Waals surface area contributed by atoms with Gasteiger partial charge in [0, 0.05) is 10.7 Å². The van der Waals surface area contributed by atoms with Crippen molar-refractivity contribution in [1.82, 2.24) is 0 Å². The van der Waals surface area contributed by atoms with Gasteiger partial charge in [0.1, 0.15) is 5.82 Å². The van der Waals surface area contributed by atoms with Gasteiger partial charge in [-0.2, -0.15) is 0 Å². The Morgan fingerprint density at radius 1 is 1.20 bits per heavy atom. The summed E-state index contributed by atoms with van der Waals surface area (Å²) < 4.78 is 41.9. The second-order valence-electron chi connectivity index (χ2n) is 5.05. The molecule has 0 aromatic heterocycles. The van der Waals surface area contributed by atoms with E-state index in [0.29, 0.717) is 4.47 Å². The van der Waals surface area contributed by atoms with E-state index in [0.717, 1.165) is 12.3 Å². The van der Waals surface area contributed by atoms with Crippen molar-refractivity contribution < 1.29 is 27.1 Å². The Hall–Kier alpha value is -2.26. The summed E-state index contributed by atoms with van der Waals surface area (Å²) in [6, 6.07) is 9.33. The van der Waals surface area contributed by atoms with E-state index in [1.807, 2.05) is 0 Å². The van der Waals surface area contributed by atoms with Gasteiger partial charge in [-0.05, 0) is 36.4 Å². The molecule has 0 heterocycles. The van der Waals surface area contributed by atoms with Gasteiger partial charge in [-0.25, -0.2) is 17.6 Å². The van der Waals surface area contributed by atoms with E-state index in [2.05, 4.69) is 21.2 Å². The van der Waals surface area contributed by atoms with Crippen LogP contribution in [0.25, 0.3) is 0 Å². The number of nitrogens with one attached hydrogen (secondary N) is 1. The summed E-state index contributed by atoms with van der Waals surface area (Å²) in [6.45, 7) is -0.641. The van der Waals surface area contributed by atoms with E-state index in [-0.39, 0.29) is 16.1 Å². The minimum atomic E-state index is -3.47. The fourth-order valence-corrected chi connectivity index (χ4v) is 2.85. The van der Waals surface area contributed by atoms with Crippen molar-refractivity contribution in [2.24, 2.45) is 0 Å². The summed E-state index contributed by atoms with van der Waals surface area (Å²) in [5.41, 5.74) is -0.0612. The zero-order valence-electron chi connectivity index (χ0n) is 13.0. The topological polar surface area (TPSA) is 89.5 Å². The molecule has 0 bridgehead atoms. The molecule has 9 heteroatoms. The lowest BCUT2D eigenvalue weighted by atomic mass is 10.2. The first-order valence-corrected chi connectivity index (χ1v) is 9.57. The average molecular weight is 430 g/mol. The second-order valence-corrected chi connectivity index (χ2v) is 7.98. The molecule has 0 spiro atoms. The molecule has 0 aliphatic carbocycles. The van der Waals surface area contributed by atoms with Gasteiger partial charge in [-0.15, -0.1) is 0 Å². The largest absolute Gasteiger partial charge is 0.452 e. The maximum absolute atomic E-state index is 13.6. The summed E-state index contributed by atoms with van der Waals surface area (Å²) in [7, 11) is -3.47. The number of halogens is 2. The minimum absolute atomic E-state index is 0.00875. The van der Waals surface area contributed by atoms with E-state index >= 15 is 0 Å². The minimum Gasteiger partial charge on any atom is -0.452 e. The molecule has 1 amide bonds. The lowest BCUT2D eigenvalue weighted by Gasteiger charge is -2.08. The predicted molar refractivity (Wildman–Crippen MR) is 92.6 cm³/mol. The van der Waals surface area contributed by atoms with E-state index in [1.54, 1.807) is 6.07 Å². The normalized spacial score (nSPS) is 11.0. The number of benzene rings is 2. The van der Waals surface area contributed by atoms with Gasteiger partial charge in [0.2, 0.25) is 0 Å². The Bertz CT molecular complexity index is 930. The molecule has 25 heavy (non-hydrogen) atoms. The van der Waals surface area contributed by atoms with E-state index < -0.39 is 34.1 Å². The van der Waals surface area contributed by atoms with Crippen LogP contribution < -0.4 is 5.32 Å². The molecule has 1 N–H and O–H groups in total. The second kappa shape index (κ2) is 7.75. The Balaban J connectivity index is 1.99. The summed E-state index contributed by atoms with van der Waals surface area (Å²) in [5.74, 6) is -2.24. The lowest BCUT2D eigenvalue weighted by molar-refractivity contribution is -0.119. The number of rotatable bonds is 5. The highest BCUT2D eigenvalue weighted by Gasteiger charge is 2.15. The summed E-state index contributed by atoms with van der Waals surface area (Å²) >= 11 is 3.09. The van der Waals surface area contributed by atoms with Crippen LogP contribution >= 0.6 is 15.9 Å². The summed E-state index contributed by atoms with van der Waals surface area (Å²) in [4.78, 5) is 23.6. The molecule has 2 aromatic rings. The first-order valence-electron chi connectivity index (χ1n) is 6.89. The average Bonchev–Trinajstić information content (AvgIpc) is 2.54. The molecule has 0 fully saturated rings. The van der Waals surface area contributed by atoms with Gasteiger partial charge in [-0.1, -0.05) is 22.0 Å². The fraction of sp³-hybridized carbons (Fsp3) is 0.125. The van der Waals surface area contributed by atoms with Crippen molar-refractivity contribution in [1.29, 1.82) is 0 Å². The molecule has 0 unspecified atom stereocenters. The number of sulfone groups is 1. The highest BCUT2D eigenvalue weighted by molar-refractivity contribution is 9.10. The van der Waals surface area contributed by atoms with Crippen LogP contribution in [0.3, 0.4) is 0 Å². The van der Waals surface area contributed by atoms with Crippen molar-refractivity contribution >= 4 is 43.3 Å². The zero-order chi connectivity index (χ0) is 18.6. The maximum Gasteiger partial charge on any atom is 0.338 e. The summed E-state index contributed by atoms with van der Waals surface area (Å²) in [6.07, 6.45) is 1.01. The number of anilines is 1. The SMILES string of the molecule is CS(=O)(=O)c1cccc(C(=O)OCC(=O)Nc2ccc(Br)cc2F)c1. The number of amides is 1. The van der Waals surface area contributed by atoms with Crippen molar-refractivity contribution in [3.05, 3.63) is 58.3 Å². The number of carbonyl (C=O) groups is 2. The van der Waals surface area contributed by atoms with Gasteiger partial charge in [-0.3, -0.25) is 4.79 Å². The predicted octanol–water partition coefficient (Wildman–Crippen LogP) is 2.79. The molecule has 0 radical (unpaired) electrons. The molecule has 2 aromatic carbocycles. The number of hydrogen-bond acceptors (Lipinski definition) is 5. The summed E-state index contributed by atoms with van der Waals surface area (Å²) in [5, 5.41) is 2.27. The van der Waals surface area contributed by atoms with E-state index in [4.69, 9.17) is 4.74 Å². The molecular formula is C16H13BrFNO5S. The molecular weight excluding hydrogens is 417 g/mol. The molecule has 0 saturated carbocycles. The van der Waals surface area contributed by atoms with Crippen LogP contribution in [0.1, 0.15) is 10.4 Å². The monoisotopic (exact) mass is 429 g/mol. The number of esters is 1. The Morgan fingerprint density at radius 2 is 1.92 bits per heavy atom. The van der Waals surface area contributed by atoms with E-state index in [1.165, 1.54) is 30.3 Å². The molecule has 2 rings (SSSR count). The number of hydrogen-bond donors (Lipinski definition) is 1. The molecule has 0 aliphatic heterocycles. The smallest absolute Gasteiger partial charge is 0.338 e. The van der Waals surface area contributed by atoms with Crippen LogP contribution in [0, 0.1) is 5.82 Å². The highest BCUT2D eigenvalue weighted by atomic mass is 79.9. The van der Waals surface area contributed by atoms with Crippen molar-refractivity contribution in [3.63, 3.8) is 0 Å². The third kappa shape index (κ3) is 5.36. The maximum atomic E-state index is 13.6. The highest BCUT2D eigenvalue weighted by Crippen LogP contribution is 2.19. The molecule has 6 nitrogen and oxygen atoms in total. The molecule has 0 atom stereocenters. The van der Waals surface area contributed by atoms with Crippen LogP contribution in [0.4, 0.5) is 10.1 Å². The van der Waals surface area contributed by atoms with Crippen LogP contribution in [0.15, 0.2) is 51.8 Å². The van der Waals surface area contributed by atoms with Crippen LogP contribution in [0.2, 0.25) is 0 Å². The third-order valence-electron chi connectivity index (χ3n) is 3.04. The van der Waals surface area contributed by atoms with Crippen LogP contribution in [-0.4, -0.2) is 33.2 Å². The first-order chi connectivity index (χ1) is 11.7. The quantitative estimate of drug-likeness (QED) is 0.737. The lowest BCUT2D eigenvalue weighted by Crippen LogP contribution is -2.21. The Morgan fingerprint density at radius 3 is 2.56 bits per heavy atom. The number of ether oxygens (including phenoxy) is 1. The van der Waals surface area contributed by atoms with Crippen molar-refractivity contribution in [2.45, 2.75) is 4.90 Å². The van der Waals surface area contributed by atoms with Gasteiger partial charge in [0.05, 0.1) is 16.1 Å². The molecule has 132 valence electrons. The van der Waals surface area contributed by atoms with Crippen LogP contribution in [-0.2, 0) is 19.4 Å². The van der Waals surface area contributed by atoms with Crippen LogP contribution in [0.5, 0.6) is 0 Å². The number of carbonyl (C=O) groups excluding carboxylic acids is 2. The van der Waals surface area contributed by atoms with Gasteiger partial charge < -0.3 is 10.1 Å². The van der Waals surface area contributed by atoms with Crippen molar-refractivity contribution in [2.75, 3.05) is 18.2 Å². The standard InChI is InChI=1S/C16H13BrFNO5S/c1-25(22,23)12-4-2-3-10(7-12)16(21)24-9-15(20)19-14-6-5-11(17)8-13(14)18/h2-8H,9H2,1H3,(H,19,20). The fourth-order valence-electron chi connectivity index (χ4n) is 1.85. The Kier molecular flexibility index (Phi) is 5.91. The Labute approximate surface area is 152 Å². The third-order valence-corrected chi connectivity index (χ3v) is 4.64. The van der Waals surface area contributed by atoms with Gasteiger partial charge in [0.25, 0.3) is 5.91 Å². The van der Waals surface area contributed by atoms with E-state index in [9.17, 15) is 22.4 Å². The zero-order valence-corrected chi connectivity index (χ0v) is 15.4.